The Morgan fingerprint density at radius 2 is 1.90 bits per heavy atom. The van der Waals surface area contributed by atoms with Crippen molar-refractivity contribution in [3.63, 3.8) is 0 Å². The predicted molar refractivity (Wildman–Crippen MR) is 77.6 cm³/mol. The second-order valence-electron chi connectivity index (χ2n) is 6.22. The topological polar surface area (TPSA) is 91.8 Å². The molecule has 0 radical (unpaired) electrons. The average Bonchev–Trinajstić information content (AvgIpc) is 3.02. The maximum atomic E-state index is 12.9. The van der Waals surface area contributed by atoms with Crippen LogP contribution in [0.25, 0.3) is 0 Å². The third kappa shape index (κ3) is 3.39. The zero-order valence-electron chi connectivity index (χ0n) is 12.4. The van der Waals surface area contributed by atoms with Crippen molar-refractivity contribution in [2.45, 2.75) is 51.5 Å². The maximum absolute atomic E-state index is 12.9. The average molecular weight is 317 g/mol. The molecule has 1 amide bonds. The van der Waals surface area contributed by atoms with E-state index in [-0.39, 0.29) is 17.4 Å². The summed E-state index contributed by atoms with van der Waals surface area (Å²) < 4.78 is 23.3. The monoisotopic (exact) mass is 317 g/mol. The zero-order chi connectivity index (χ0) is 15.7. The Kier molecular flexibility index (Phi) is 4.60. The highest BCUT2D eigenvalue weighted by Crippen LogP contribution is 2.43. The van der Waals surface area contributed by atoms with Crippen LogP contribution in [0.15, 0.2) is 0 Å². The van der Waals surface area contributed by atoms with E-state index in [1.54, 1.807) is 0 Å². The van der Waals surface area contributed by atoms with Crippen molar-refractivity contribution >= 4 is 21.7 Å². The molecular formula is C14H23NO5S. The van der Waals surface area contributed by atoms with Gasteiger partial charge in [0.15, 0.2) is 9.84 Å². The molecule has 7 heteroatoms. The summed E-state index contributed by atoms with van der Waals surface area (Å²) >= 11 is 0. The largest absolute Gasteiger partial charge is 0.480 e. The molecule has 6 nitrogen and oxygen atoms in total. The van der Waals surface area contributed by atoms with Crippen LogP contribution in [0.1, 0.15) is 45.4 Å². The van der Waals surface area contributed by atoms with Gasteiger partial charge < -0.3 is 10.0 Å². The number of sulfone groups is 1. The zero-order valence-corrected chi connectivity index (χ0v) is 13.2. The number of carboxylic acid groups (broad SMARTS) is 1. The predicted octanol–water partition coefficient (Wildman–Crippen LogP) is 1.06. The minimum atomic E-state index is -3.15. The van der Waals surface area contributed by atoms with Crippen LogP contribution in [0.4, 0.5) is 0 Å². The van der Waals surface area contributed by atoms with Crippen molar-refractivity contribution in [1.29, 1.82) is 0 Å². The van der Waals surface area contributed by atoms with E-state index in [4.69, 9.17) is 5.11 Å². The summed E-state index contributed by atoms with van der Waals surface area (Å²) in [5, 5.41) is 9.08. The van der Waals surface area contributed by atoms with E-state index in [0.29, 0.717) is 12.8 Å². The number of hydrogen-bond donors (Lipinski definition) is 1. The third-order valence-electron chi connectivity index (χ3n) is 4.91. The van der Waals surface area contributed by atoms with Gasteiger partial charge in [0.2, 0.25) is 5.91 Å². The van der Waals surface area contributed by atoms with Crippen LogP contribution < -0.4 is 0 Å². The Morgan fingerprint density at radius 1 is 1.29 bits per heavy atom. The Bertz CT molecular complexity index is 521. The van der Waals surface area contributed by atoms with E-state index in [9.17, 15) is 18.0 Å². The lowest BCUT2D eigenvalue weighted by atomic mass is 9.81. The second kappa shape index (κ2) is 5.94. The van der Waals surface area contributed by atoms with Gasteiger partial charge in [0.05, 0.1) is 11.5 Å². The maximum Gasteiger partial charge on any atom is 0.323 e. The smallest absolute Gasteiger partial charge is 0.323 e. The molecule has 1 unspecified atom stereocenters. The first kappa shape index (κ1) is 16.3. The number of amides is 1. The number of hydrogen-bond acceptors (Lipinski definition) is 4. The van der Waals surface area contributed by atoms with Gasteiger partial charge in [-0.25, -0.2) is 8.42 Å². The standard InChI is InChI=1S/C14H23NO5S/c1-2-14(6-3-4-7-14)13(18)15(9-12(16)17)11-5-8-21(19,20)10-11/h11H,2-10H2,1H3,(H,16,17). The highest BCUT2D eigenvalue weighted by Gasteiger charge is 2.45. The van der Waals surface area contributed by atoms with E-state index in [2.05, 4.69) is 0 Å². The number of carbonyl (C=O) groups excluding carboxylic acids is 1. The lowest BCUT2D eigenvalue weighted by molar-refractivity contribution is -0.152. The van der Waals surface area contributed by atoms with Gasteiger partial charge in [0, 0.05) is 11.5 Å². The summed E-state index contributed by atoms with van der Waals surface area (Å²) in [7, 11) is -3.15. The molecule has 2 aliphatic rings. The highest BCUT2D eigenvalue weighted by molar-refractivity contribution is 7.91. The molecule has 21 heavy (non-hydrogen) atoms. The van der Waals surface area contributed by atoms with E-state index in [1.165, 1.54) is 4.90 Å². The minimum Gasteiger partial charge on any atom is -0.480 e. The van der Waals surface area contributed by atoms with Crippen LogP contribution >= 0.6 is 0 Å². The van der Waals surface area contributed by atoms with Crippen molar-refractivity contribution in [3.05, 3.63) is 0 Å². The summed E-state index contributed by atoms with van der Waals surface area (Å²) in [6.45, 7) is 1.55. The summed E-state index contributed by atoms with van der Waals surface area (Å²) in [6, 6.07) is -0.484. The fraction of sp³-hybridized carbons (Fsp3) is 0.857. The lowest BCUT2D eigenvalue weighted by Crippen LogP contribution is -2.50. The molecule has 1 atom stereocenters. The van der Waals surface area contributed by atoms with Crippen LogP contribution in [0.5, 0.6) is 0 Å². The molecule has 1 aliphatic carbocycles. The molecule has 2 fully saturated rings. The van der Waals surface area contributed by atoms with Crippen LogP contribution in [-0.2, 0) is 19.4 Å². The number of aliphatic carboxylic acids is 1. The van der Waals surface area contributed by atoms with Crippen LogP contribution in [0.3, 0.4) is 0 Å². The molecule has 2 rings (SSSR count). The Labute approximate surface area is 125 Å². The molecule has 0 aromatic carbocycles. The van der Waals surface area contributed by atoms with Crippen LogP contribution in [0, 0.1) is 5.41 Å². The number of carbonyl (C=O) groups is 2. The first-order valence-electron chi connectivity index (χ1n) is 7.53. The second-order valence-corrected chi connectivity index (χ2v) is 8.45. The fourth-order valence-electron chi connectivity index (χ4n) is 3.61. The minimum absolute atomic E-state index is 0.0419. The third-order valence-corrected chi connectivity index (χ3v) is 6.66. The van der Waals surface area contributed by atoms with Crippen molar-refractivity contribution < 1.29 is 23.1 Å². The van der Waals surface area contributed by atoms with Gasteiger partial charge in [-0.05, 0) is 25.7 Å². The highest BCUT2D eigenvalue weighted by atomic mass is 32.2. The summed E-state index contributed by atoms with van der Waals surface area (Å²) in [4.78, 5) is 25.3. The molecular weight excluding hydrogens is 294 g/mol. The first-order valence-corrected chi connectivity index (χ1v) is 9.35. The molecule has 1 saturated carbocycles. The van der Waals surface area contributed by atoms with Gasteiger partial charge in [0.25, 0.3) is 0 Å². The molecule has 0 bridgehead atoms. The van der Waals surface area contributed by atoms with Crippen molar-refractivity contribution in [2.24, 2.45) is 5.41 Å². The molecule has 0 spiro atoms. The SMILES string of the molecule is CCC1(C(=O)N(CC(=O)O)C2CCS(=O)(=O)C2)CCCC1. The van der Waals surface area contributed by atoms with Gasteiger partial charge >= 0.3 is 5.97 Å². The summed E-state index contributed by atoms with van der Waals surface area (Å²) in [5.74, 6) is -1.31. The number of carboxylic acids is 1. The number of rotatable bonds is 5. The van der Waals surface area contributed by atoms with E-state index in [1.807, 2.05) is 6.92 Å². The number of nitrogens with zero attached hydrogens (tertiary/aromatic N) is 1. The van der Waals surface area contributed by atoms with Crippen molar-refractivity contribution in [2.75, 3.05) is 18.1 Å². The van der Waals surface area contributed by atoms with E-state index in [0.717, 1.165) is 25.7 Å². The van der Waals surface area contributed by atoms with E-state index >= 15 is 0 Å². The molecule has 1 N–H and O–H groups in total. The Hall–Kier alpha value is -1.11. The van der Waals surface area contributed by atoms with Crippen molar-refractivity contribution in [3.8, 4) is 0 Å². The Morgan fingerprint density at radius 3 is 2.33 bits per heavy atom. The molecule has 0 aromatic rings. The fourth-order valence-corrected chi connectivity index (χ4v) is 5.34. The van der Waals surface area contributed by atoms with Gasteiger partial charge in [-0.3, -0.25) is 9.59 Å². The molecule has 120 valence electrons. The van der Waals surface area contributed by atoms with Crippen LogP contribution in [0.2, 0.25) is 0 Å². The van der Waals surface area contributed by atoms with Gasteiger partial charge in [-0.1, -0.05) is 19.8 Å². The van der Waals surface area contributed by atoms with Crippen molar-refractivity contribution in [1.82, 2.24) is 4.90 Å². The summed E-state index contributed by atoms with van der Waals surface area (Å²) in [5.41, 5.74) is -0.484. The normalized spacial score (nSPS) is 26.6. The quantitative estimate of drug-likeness (QED) is 0.818. The Balaban J connectivity index is 2.23. The lowest BCUT2D eigenvalue weighted by Gasteiger charge is -2.36. The summed E-state index contributed by atoms with van der Waals surface area (Å²) in [6.07, 6.45) is 4.53. The molecule has 1 aliphatic heterocycles. The van der Waals surface area contributed by atoms with E-state index < -0.39 is 33.8 Å². The van der Waals surface area contributed by atoms with Gasteiger partial charge in [-0.2, -0.15) is 0 Å². The van der Waals surface area contributed by atoms with Crippen LogP contribution in [-0.4, -0.2) is 54.4 Å². The molecule has 1 saturated heterocycles. The first-order chi connectivity index (χ1) is 9.80. The molecule has 0 aromatic heterocycles. The van der Waals surface area contributed by atoms with Gasteiger partial charge in [-0.15, -0.1) is 0 Å². The van der Waals surface area contributed by atoms with Gasteiger partial charge in [0.1, 0.15) is 6.54 Å². The molecule has 1 heterocycles.